The van der Waals surface area contributed by atoms with Gasteiger partial charge in [-0.2, -0.15) is 4.98 Å². The number of carbonyl (C=O) groups excluding carboxylic acids is 1. The molecule has 0 radical (unpaired) electrons. The molecular formula is C17H18IN3O3. The van der Waals surface area contributed by atoms with Crippen molar-refractivity contribution in [2.45, 2.75) is 18.9 Å². The second-order valence-electron chi connectivity index (χ2n) is 5.49. The van der Waals surface area contributed by atoms with Gasteiger partial charge in [0.2, 0.25) is 5.88 Å². The van der Waals surface area contributed by atoms with Gasteiger partial charge in [-0.3, -0.25) is 4.79 Å². The van der Waals surface area contributed by atoms with Crippen LogP contribution in [0.1, 0.15) is 23.2 Å². The van der Waals surface area contributed by atoms with E-state index in [1.54, 1.807) is 12.3 Å². The molecule has 1 fully saturated rings. The van der Waals surface area contributed by atoms with Crippen LogP contribution in [0.15, 0.2) is 36.5 Å². The van der Waals surface area contributed by atoms with E-state index in [4.69, 9.17) is 9.47 Å². The SMILES string of the molecule is COc1nccc(OC2CCCN(C(=O)c3ccccc3I)C2)n1. The van der Waals surface area contributed by atoms with E-state index in [9.17, 15) is 4.79 Å². The fourth-order valence-corrected chi connectivity index (χ4v) is 3.30. The summed E-state index contributed by atoms with van der Waals surface area (Å²) in [6.07, 6.45) is 3.31. The van der Waals surface area contributed by atoms with Crippen molar-refractivity contribution in [1.82, 2.24) is 14.9 Å². The lowest BCUT2D eigenvalue weighted by molar-refractivity contribution is 0.0525. The summed E-state index contributed by atoms with van der Waals surface area (Å²) in [6.45, 7) is 1.30. The van der Waals surface area contributed by atoms with Gasteiger partial charge in [0.25, 0.3) is 5.91 Å². The van der Waals surface area contributed by atoms with Crippen molar-refractivity contribution in [3.63, 3.8) is 0 Å². The number of piperidine rings is 1. The number of methoxy groups -OCH3 is 1. The second kappa shape index (κ2) is 7.78. The molecule has 1 saturated heterocycles. The third-order valence-corrected chi connectivity index (χ3v) is 4.79. The van der Waals surface area contributed by atoms with E-state index in [2.05, 4.69) is 32.6 Å². The number of benzene rings is 1. The molecule has 7 heteroatoms. The number of halogens is 1. The highest BCUT2D eigenvalue weighted by Gasteiger charge is 2.26. The highest BCUT2D eigenvalue weighted by molar-refractivity contribution is 14.1. The summed E-state index contributed by atoms with van der Waals surface area (Å²) in [7, 11) is 1.52. The average molecular weight is 439 g/mol. The van der Waals surface area contributed by atoms with Crippen molar-refractivity contribution in [3.8, 4) is 11.9 Å². The van der Waals surface area contributed by atoms with Crippen LogP contribution < -0.4 is 9.47 Å². The van der Waals surface area contributed by atoms with Crippen molar-refractivity contribution in [1.29, 1.82) is 0 Å². The van der Waals surface area contributed by atoms with Crippen LogP contribution in [0.25, 0.3) is 0 Å². The number of aromatic nitrogens is 2. The fraction of sp³-hybridized carbons (Fsp3) is 0.353. The maximum absolute atomic E-state index is 12.7. The Labute approximate surface area is 154 Å². The Morgan fingerprint density at radius 2 is 2.17 bits per heavy atom. The van der Waals surface area contributed by atoms with Gasteiger partial charge in [0.05, 0.1) is 19.2 Å². The largest absolute Gasteiger partial charge is 0.472 e. The number of nitrogens with zero attached hydrogens (tertiary/aromatic N) is 3. The van der Waals surface area contributed by atoms with Crippen LogP contribution in [0.2, 0.25) is 0 Å². The molecule has 0 N–H and O–H groups in total. The molecule has 2 aromatic rings. The van der Waals surface area contributed by atoms with E-state index in [1.807, 2.05) is 29.2 Å². The predicted octanol–water partition coefficient (Wildman–Crippen LogP) is 2.77. The summed E-state index contributed by atoms with van der Waals surface area (Å²) < 4.78 is 11.9. The van der Waals surface area contributed by atoms with Gasteiger partial charge in [0.1, 0.15) is 6.10 Å². The standard InChI is InChI=1S/C17H18IN3O3/c1-23-17-19-9-8-15(20-17)24-12-5-4-10-21(11-12)16(22)13-6-2-3-7-14(13)18/h2-3,6-9,12H,4-5,10-11H2,1H3. The number of hydrogen-bond donors (Lipinski definition) is 0. The van der Waals surface area contributed by atoms with Gasteiger partial charge in [0.15, 0.2) is 0 Å². The van der Waals surface area contributed by atoms with Crippen LogP contribution >= 0.6 is 22.6 Å². The van der Waals surface area contributed by atoms with Gasteiger partial charge in [-0.1, -0.05) is 12.1 Å². The topological polar surface area (TPSA) is 64.6 Å². The Morgan fingerprint density at radius 3 is 2.96 bits per heavy atom. The number of amides is 1. The molecule has 1 aliphatic heterocycles. The quantitative estimate of drug-likeness (QED) is 0.686. The number of ether oxygens (including phenoxy) is 2. The van der Waals surface area contributed by atoms with Gasteiger partial charge in [-0.15, -0.1) is 0 Å². The molecule has 1 aliphatic rings. The van der Waals surface area contributed by atoms with Crippen LogP contribution in [0.4, 0.5) is 0 Å². The first-order chi connectivity index (χ1) is 11.7. The van der Waals surface area contributed by atoms with E-state index in [0.717, 1.165) is 28.5 Å². The molecule has 2 heterocycles. The molecule has 1 amide bonds. The molecule has 1 aromatic heterocycles. The van der Waals surface area contributed by atoms with Gasteiger partial charge >= 0.3 is 6.01 Å². The Balaban J connectivity index is 1.68. The molecule has 0 saturated carbocycles. The molecule has 1 aromatic carbocycles. The molecule has 126 valence electrons. The molecular weight excluding hydrogens is 421 g/mol. The molecule has 1 atom stereocenters. The Kier molecular flexibility index (Phi) is 5.49. The Morgan fingerprint density at radius 1 is 1.33 bits per heavy atom. The molecule has 24 heavy (non-hydrogen) atoms. The minimum absolute atomic E-state index is 0.0496. The summed E-state index contributed by atoms with van der Waals surface area (Å²) in [5.41, 5.74) is 0.738. The lowest BCUT2D eigenvalue weighted by Crippen LogP contribution is -2.44. The average Bonchev–Trinajstić information content (AvgIpc) is 2.62. The summed E-state index contributed by atoms with van der Waals surface area (Å²) >= 11 is 2.19. The normalized spacial score (nSPS) is 17.4. The fourth-order valence-electron chi connectivity index (χ4n) is 2.68. The summed E-state index contributed by atoms with van der Waals surface area (Å²) in [5.74, 6) is 0.518. The lowest BCUT2D eigenvalue weighted by atomic mass is 10.1. The highest BCUT2D eigenvalue weighted by atomic mass is 127. The highest BCUT2D eigenvalue weighted by Crippen LogP contribution is 2.21. The van der Waals surface area contributed by atoms with Crippen molar-refractivity contribution < 1.29 is 14.3 Å². The molecule has 0 bridgehead atoms. The van der Waals surface area contributed by atoms with Crippen molar-refractivity contribution in [3.05, 3.63) is 45.7 Å². The number of likely N-dealkylation sites (tertiary alicyclic amines) is 1. The third-order valence-electron chi connectivity index (χ3n) is 3.85. The molecule has 1 unspecified atom stereocenters. The van der Waals surface area contributed by atoms with E-state index in [1.165, 1.54) is 7.11 Å². The third kappa shape index (κ3) is 3.95. The van der Waals surface area contributed by atoms with Gasteiger partial charge in [0, 0.05) is 22.4 Å². The predicted molar refractivity (Wildman–Crippen MR) is 97.3 cm³/mol. The second-order valence-corrected chi connectivity index (χ2v) is 6.66. The van der Waals surface area contributed by atoms with Gasteiger partial charge < -0.3 is 14.4 Å². The van der Waals surface area contributed by atoms with Gasteiger partial charge in [-0.25, -0.2) is 4.98 Å². The monoisotopic (exact) mass is 439 g/mol. The van der Waals surface area contributed by atoms with Crippen LogP contribution in [0, 0.1) is 3.57 Å². The first-order valence-corrected chi connectivity index (χ1v) is 8.82. The minimum atomic E-state index is -0.0799. The molecule has 3 rings (SSSR count). The first kappa shape index (κ1) is 16.9. The van der Waals surface area contributed by atoms with E-state index < -0.39 is 0 Å². The smallest absolute Gasteiger partial charge is 0.319 e. The van der Waals surface area contributed by atoms with E-state index in [-0.39, 0.29) is 18.0 Å². The number of carbonyl (C=O) groups is 1. The zero-order valence-corrected chi connectivity index (χ0v) is 15.5. The summed E-state index contributed by atoms with van der Waals surface area (Å²) in [5, 5.41) is 0. The zero-order chi connectivity index (χ0) is 16.9. The zero-order valence-electron chi connectivity index (χ0n) is 13.3. The van der Waals surface area contributed by atoms with Crippen molar-refractivity contribution in [2.24, 2.45) is 0 Å². The van der Waals surface area contributed by atoms with Crippen LogP contribution in [-0.4, -0.2) is 47.1 Å². The van der Waals surface area contributed by atoms with Crippen LogP contribution in [-0.2, 0) is 0 Å². The van der Waals surface area contributed by atoms with Crippen LogP contribution in [0.3, 0.4) is 0 Å². The Bertz CT molecular complexity index is 726. The van der Waals surface area contributed by atoms with Crippen molar-refractivity contribution in [2.75, 3.05) is 20.2 Å². The van der Waals surface area contributed by atoms with Gasteiger partial charge in [-0.05, 0) is 47.6 Å². The maximum atomic E-state index is 12.7. The van der Waals surface area contributed by atoms with Crippen LogP contribution in [0.5, 0.6) is 11.9 Å². The molecule has 0 spiro atoms. The number of hydrogen-bond acceptors (Lipinski definition) is 5. The number of rotatable bonds is 4. The lowest BCUT2D eigenvalue weighted by Gasteiger charge is -2.32. The molecule has 0 aliphatic carbocycles. The Hall–Kier alpha value is -1.90. The maximum Gasteiger partial charge on any atom is 0.319 e. The minimum Gasteiger partial charge on any atom is -0.472 e. The van der Waals surface area contributed by atoms with E-state index >= 15 is 0 Å². The van der Waals surface area contributed by atoms with E-state index in [0.29, 0.717) is 12.4 Å². The first-order valence-electron chi connectivity index (χ1n) is 7.75. The summed E-state index contributed by atoms with van der Waals surface area (Å²) in [6, 6.07) is 9.60. The summed E-state index contributed by atoms with van der Waals surface area (Å²) in [4.78, 5) is 22.7. The molecule has 6 nitrogen and oxygen atoms in total. The van der Waals surface area contributed by atoms with Crippen molar-refractivity contribution >= 4 is 28.5 Å².